The third-order valence-electron chi connectivity index (χ3n) is 4.58. The minimum absolute atomic E-state index is 0.265. The van der Waals surface area contributed by atoms with Gasteiger partial charge in [-0.3, -0.25) is 0 Å². The molecule has 1 fully saturated rings. The fourth-order valence-corrected chi connectivity index (χ4v) is 3.18. The molecule has 0 heterocycles. The summed E-state index contributed by atoms with van der Waals surface area (Å²) in [7, 11) is 0. The van der Waals surface area contributed by atoms with Crippen molar-refractivity contribution in [3.05, 3.63) is 35.6 Å². The van der Waals surface area contributed by atoms with Crippen LogP contribution in [0.3, 0.4) is 0 Å². The van der Waals surface area contributed by atoms with E-state index in [0.717, 1.165) is 11.5 Å². The van der Waals surface area contributed by atoms with Crippen molar-refractivity contribution in [2.45, 2.75) is 45.3 Å². The first kappa shape index (κ1) is 14.5. The van der Waals surface area contributed by atoms with Gasteiger partial charge in [-0.15, -0.1) is 0 Å². The number of nitrogens with one attached hydrogen (secondary N) is 1. The zero-order valence-corrected chi connectivity index (χ0v) is 11.8. The molecule has 19 heavy (non-hydrogen) atoms. The Morgan fingerprint density at radius 1 is 1.32 bits per heavy atom. The first-order valence-electron chi connectivity index (χ1n) is 7.28. The molecule has 0 spiro atoms. The van der Waals surface area contributed by atoms with Crippen molar-refractivity contribution in [3.8, 4) is 0 Å². The van der Waals surface area contributed by atoms with E-state index in [9.17, 15) is 9.50 Å². The lowest BCUT2D eigenvalue weighted by Gasteiger charge is -2.22. The highest BCUT2D eigenvalue weighted by Crippen LogP contribution is 2.34. The summed E-state index contributed by atoms with van der Waals surface area (Å²) in [6.45, 7) is 5.08. The van der Waals surface area contributed by atoms with Crippen LogP contribution in [-0.4, -0.2) is 17.7 Å². The maximum atomic E-state index is 12.8. The minimum Gasteiger partial charge on any atom is -0.387 e. The molecule has 2 nitrogen and oxygen atoms in total. The van der Waals surface area contributed by atoms with E-state index in [2.05, 4.69) is 19.2 Å². The molecule has 4 unspecified atom stereocenters. The van der Waals surface area contributed by atoms with Gasteiger partial charge >= 0.3 is 0 Å². The van der Waals surface area contributed by atoms with Crippen LogP contribution in [0.1, 0.15) is 44.8 Å². The van der Waals surface area contributed by atoms with Crippen molar-refractivity contribution in [3.63, 3.8) is 0 Å². The summed E-state index contributed by atoms with van der Waals surface area (Å²) in [5.41, 5.74) is 0.770. The lowest BCUT2D eigenvalue weighted by molar-refractivity contribution is 0.165. The normalized spacial score (nSPS) is 28.5. The molecule has 1 aromatic rings. The summed E-state index contributed by atoms with van der Waals surface area (Å²) in [6, 6.07) is 6.58. The van der Waals surface area contributed by atoms with Crippen molar-refractivity contribution in [2.75, 3.05) is 6.54 Å². The highest BCUT2D eigenvalue weighted by molar-refractivity contribution is 5.18. The summed E-state index contributed by atoms with van der Waals surface area (Å²) in [5.74, 6) is 1.21. The maximum absolute atomic E-state index is 12.8. The van der Waals surface area contributed by atoms with Crippen molar-refractivity contribution < 1.29 is 9.50 Å². The van der Waals surface area contributed by atoms with Crippen LogP contribution in [0.5, 0.6) is 0 Å². The maximum Gasteiger partial charge on any atom is 0.123 e. The zero-order chi connectivity index (χ0) is 13.8. The van der Waals surface area contributed by atoms with Gasteiger partial charge in [-0.05, 0) is 42.4 Å². The molecule has 1 aliphatic rings. The number of hydrogen-bond donors (Lipinski definition) is 2. The van der Waals surface area contributed by atoms with Crippen LogP contribution in [0.4, 0.5) is 4.39 Å². The topological polar surface area (TPSA) is 32.3 Å². The number of aliphatic hydroxyl groups excluding tert-OH is 1. The van der Waals surface area contributed by atoms with Crippen molar-refractivity contribution in [1.82, 2.24) is 5.32 Å². The van der Waals surface area contributed by atoms with Gasteiger partial charge in [0.05, 0.1) is 6.10 Å². The average Bonchev–Trinajstić information content (AvgIpc) is 2.77. The van der Waals surface area contributed by atoms with Gasteiger partial charge in [0.15, 0.2) is 0 Å². The monoisotopic (exact) mass is 265 g/mol. The molecule has 2 N–H and O–H groups in total. The standard InChI is InChI=1S/C16H24FNO/c1-3-12-6-9-15(11(12)2)18-10-16(19)13-4-7-14(17)8-5-13/h4-5,7-8,11-12,15-16,18-19H,3,6,9-10H2,1-2H3. The first-order chi connectivity index (χ1) is 9.11. The van der Waals surface area contributed by atoms with E-state index in [1.165, 1.54) is 31.4 Å². The third-order valence-corrected chi connectivity index (χ3v) is 4.58. The Labute approximate surface area is 115 Å². The predicted molar refractivity (Wildman–Crippen MR) is 75.3 cm³/mol. The third kappa shape index (κ3) is 3.54. The SMILES string of the molecule is CCC1CCC(NCC(O)c2ccc(F)cc2)C1C. The number of aliphatic hydroxyl groups is 1. The Bertz CT molecular complexity index is 392. The van der Waals surface area contributed by atoms with Gasteiger partial charge in [-0.1, -0.05) is 32.4 Å². The van der Waals surface area contributed by atoms with E-state index < -0.39 is 6.10 Å². The molecule has 0 aromatic heterocycles. The van der Waals surface area contributed by atoms with Crippen LogP contribution < -0.4 is 5.32 Å². The van der Waals surface area contributed by atoms with Gasteiger partial charge in [0.1, 0.15) is 5.82 Å². The van der Waals surface area contributed by atoms with Gasteiger partial charge in [0, 0.05) is 12.6 Å². The molecule has 0 saturated heterocycles. The second kappa shape index (κ2) is 6.49. The summed E-state index contributed by atoms with van der Waals surface area (Å²) in [4.78, 5) is 0. The van der Waals surface area contributed by atoms with E-state index in [1.54, 1.807) is 12.1 Å². The lowest BCUT2D eigenvalue weighted by atomic mass is 9.93. The van der Waals surface area contributed by atoms with Crippen LogP contribution in [0.2, 0.25) is 0 Å². The Morgan fingerprint density at radius 3 is 2.58 bits per heavy atom. The predicted octanol–water partition coefficient (Wildman–Crippen LogP) is 3.27. The quantitative estimate of drug-likeness (QED) is 0.856. The molecular formula is C16H24FNO. The molecule has 4 atom stereocenters. The lowest BCUT2D eigenvalue weighted by Crippen LogP contribution is -2.35. The van der Waals surface area contributed by atoms with Gasteiger partial charge < -0.3 is 10.4 Å². The summed E-state index contributed by atoms with van der Waals surface area (Å²) in [5, 5.41) is 13.6. The zero-order valence-electron chi connectivity index (χ0n) is 11.8. The molecule has 0 aliphatic heterocycles. The minimum atomic E-state index is -0.562. The Hall–Kier alpha value is -0.930. The van der Waals surface area contributed by atoms with E-state index >= 15 is 0 Å². The second-order valence-electron chi connectivity index (χ2n) is 5.69. The van der Waals surface area contributed by atoms with E-state index in [-0.39, 0.29) is 5.82 Å². The van der Waals surface area contributed by atoms with Crippen LogP contribution in [0, 0.1) is 17.7 Å². The Balaban J connectivity index is 1.84. The van der Waals surface area contributed by atoms with Crippen LogP contribution in [-0.2, 0) is 0 Å². The second-order valence-corrected chi connectivity index (χ2v) is 5.69. The van der Waals surface area contributed by atoms with Crippen molar-refractivity contribution in [2.24, 2.45) is 11.8 Å². The van der Waals surface area contributed by atoms with Crippen LogP contribution >= 0.6 is 0 Å². The summed E-state index contributed by atoms with van der Waals surface area (Å²) in [6.07, 6.45) is 3.14. The molecule has 2 rings (SSSR count). The van der Waals surface area contributed by atoms with Crippen molar-refractivity contribution >= 4 is 0 Å². The number of rotatable bonds is 5. The summed E-state index contributed by atoms with van der Waals surface area (Å²) >= 11 is 0. The first-order valence-corrected chi connectivity index (χ1v) is 7.28. The Kier molecular flexibility index (Phi) is 4.94. The fraction of sp³-hybridized carbons (Fsp3) is 0.625. The molecule has 0 bridgehead atoms. The van der Waals surface area contributed by atoms with Gasteiger partial charge in [-0.25, -0.2) is 4.39 Å². The van der Waals surface area contributed by atoms with E-state index in [0.29, 0.717) is 18.5 Å². The molecule has 1 aromatic carbocycles. The molecule has 1 aliphatic carbocycles. The van der Waals surface area contributed by atoms with E-state index in [1.807, 2.05) is 0 Å². The number of halogens is 1. The molecule has 0 amide bonds. The average molecular weight is 265 g/mol. The highest BCUT2D eigenvalue weighted by atomic mass is 19.1. The number of benzene rings is 1. The molecule has 106 valence electrons. The van der Waals surface area contributed by atoms with E-state index in [4.69, 9.17) is 0 Å². The molecule has 3 heteroatoms. The Morgan fingerprint density at radius 2 is 2.00 bits per heavy atom. The van der Waals surface area contributed by atoms with Gasteiger partial charge in [-0.2, -0.15) is 0 Å². The smallest absolute Gasteiger partial charge is 0.123 e. The molecular weight excluding hydrogens is 241 g/mol. The van der Waals surface area contributed by atoms with Gasteiger partial charge in [0.2, 0.25) is 0 Å². The molecule has 0 radical (unpaired) electrons. The van der Waals surface area contributed by atoms with Gasteiger partial charge in [0.25, 0.3) is 0 Å². The fourth-order valence-electron chi connectivity index (χ4n) is 3.18. The highest BCUT2D eigenvalue weighted by Gasteiger charge is 2.31. The van der Waals surface area contributed by atoms with Crippen LogP contribution in [0.25, 0.3) is 0 Å². The summed E-state index contributed by atoms with van der Waals surface area (Å²) < 4.78 is 12.8. The van der Waals surface area contributed by atoms with Crippen LogP contribution in [0.15, 0.2) is 24.3 Å². The molecule has 1 saturated carbocycles. The number of hydrogen-bond acceptors (Lipinski definition) is 2. The van der Waals surface area contributed by atoms with Crippen molar-refractivity contribution in [1.29, 1.82) is 0 Å². The largest absolute Gasteiger partial charge is 0.387 e.